The van der Waals surface area contributed by atoms with E-state index in [0.29, 0.717) is 5.92 Å². The maximum Gasteiger partial charge on any atom is 0.0588 e. The molecule has 1 unspecified atom stereocenters. The Morgan fingerprint density at radius 2 is 2.07 bits per heavy atom. The van der Waals surface area contributed by atoms with Crippen molar-refractivity contribution in [2.45, 2.75) is 19.3 Å². The van der Waals surface area contributed by atoms with E-state index in [1.165, 1.54) is 11.1 Å². The van der Waals surface area contributed by atoms with Crippen LogP contribution in [0.5, 0.6) is 0 Å². The molecule has 0 aliphatic carbocycles. The van der Waals surface area contributed by atoms with E-state index in [0.717, 1.165) is 19.8 Å². The number of ether oxygens (including phenoxy) is 1. The van der Waals surface area contributed by atoms with Crippen LogP contribution in [0.2, 0.25) is 0 Å². The highest BCUT2D eigenvalue weighted by Gasteiger charge is 2.45. The van der Waals surface area contributed by atoms with Gasteiger partial charge in [-0.25, -0.2) is 0 Å². The first-order valence-corrected chi connectivity index (χ1v) is 5.54. The molecule has 1 aromatic carbocycles. The normalized spacial score (nSPS) is 20.7. The van der Waals surface area contributed by atoms with E-state index in [1.807, 2.05) is 0 Å². The highest BCUT2D eigenvalue weighted by molar-refractivity contribution is 5.36. The Morgan fingerprint density at radius 1 is 1.40 bits per heavy atom. The third-order valence-electron chi connectivity index (χ3n) is 3.70. The third-order valence-corrected chi connectivity index (χ3v) is 3.70. The Hall–Kier alpha value is -0.860. The zero-order valence-electron chi connectivity index (χ0n) is 9.49. The maximum atomic E-state index is 5.80. The van der Waals surface area contributed by atoms with E-state index in [2.05, 4.69) is 38.1 Å². The SMILES string of the molecule is Cc1ccccc1C1(C(C)CN)COC1. The predicted octanol–water partition coefficient (Wildman–Crippen LogP) is 1.86. The summed E-state index contributed by atoms with van der Waals surface area (Å²) in [6.07, 6.45) is 0. The lowest BCUT2D eigenvalue weighted by Gasteiger charge is -2.47. The molecule has 1 aliphatic rings. The van der Waals surface area contributed by atoms with Crippen LogP contribution in [0.15, 0.2) is 24.3 Å². The van der Waals surface area contributed by atoms with E-state index in [9.17, 15) is 0 Å². The van der Waals surface area contributed by atoms with Gasteiger partial charge in [-0.3, -0.25) is 0 Å². The topological polar surface area (TPSA) is 35.2 Å². The van der Waals surface area contributed by atoms with Crippen LogP contribution >= 0.6 is 0 Å². The van der Waals surface area contributed by atoms with Crippen LogP contribution in [0.25, 0.3) is 0 Å². The van der Waals surface area contributed by atoms with Crippen molar-refractivity contribution < 1.29 is 4.74 Å². The predicted molar refractivity (Wildman–Crippen MR) is 61.9 cm³/mol. The van der Waals surface area contributed by atoms with Crippen molar-refractivity contribution in [3.63, 3.8) is 0 Å². The molecule has 2 heteroatoms. The third kappa shape index (κ3) is 1.58. The van der Waals surface area contributed by atoms with Gasteiger partial charge in [0, 0.05) is 5.41 Å². The molecular formula is C13H19NO. The zero-order chi connectivity index (χ0) is 10.9. The number of hydrogen-bond acceptors (Lipinski definition) is 2. The van der Waals surface area contributed by atoms with Crippen molar-refractivity contribution in [1.82, 2.24) is 0 Å². The molecule has 1 heterocycles. The van der Waals surface area contributed by atoms with Crippen molar-refractivity contribution in [2.75, 3.05) is 19.8 Å². The minimum Gasteiger partial charge on any atom is -0.379 e. The van der Waals surface area contributed by atoms with Gasteiger partial charge in [0.15, 0.2) is 0 Å². The molecule has 0 bridgehead atoms. The van der Waals surface area contributed by atoms with Crippen LogP contribution < -0.4 is 5.73 Å². The Bertz CT molecular complexity index is 344. The van der Waals surface area contributed by atoms with E-state index in [4.69, 9.17) is 10.5 Å². The zero-order valence-corrected chi connectivity index (χ0v) is 9.49. The second-order valence-electron chi connectivity index (χ2n) is 4.60. The van der Waals surface area contributed by atoms with E-state index >= 15 is 0 Å². The summed E-state index contributed by atoms with van der Waals surface area (Å²) in [5, 5.41) is 0. The average Bonchev–Trinajstić information content (AvgIpc) is 2.19. The first-order chi connectivity index (χ1) is 7.20. The molecule has 1 saturated heterocycles. The minimum absolute atomic E-state index is 0.167. The number of nitrogens with two attached hydrogens (primary N) is 1. The van der Waals surface area contributed by atoms with Crippen molar-refractivity contribution in [1.29, 1.82) is 0 Å². The summed E-state index contributed by atoms with van der Waals surface area (Å²) in [5.74, 6) is 0.479. The number of rotatable bonds is 3. The summed E-state index contributed by atoms with van der Waals surface area (Å²) in [7, 11) is 0. The van der Waals surface area contributed by atoms with Crippen LogP contribution in [0.4, 0.5) is 0 Å². The molecular weight excluding hydrogens is 186 g/mol. The molecule has 0 spiro atoms. The summed E-state index contributed by atoms with van der Waals surface area (Å²) >= 11 is 0. The molecule has 0 radical (unpaired) electrons. The van der Waals surface area contributed by atoms with Gasteiger partial charge in [-0.15, -0.1) is 0 Å². The summed E-state index contributed by atoms with van der Waals surface area (Å²) in [5.41, 5.74) is 8.73. The molecule has 0 amide bonds. The summed E-state index contributed by atoms with van der Waals surface area (Å²) in [6, 6.07) is 8.56. The lowest BCUT2D eigenvalue weighted by Crippen LogP contribution is -2.53. The quantitative estimate of drug-likeness (QED) is 0.817. The lowest BCUT2D eigenvalue weighted by atomic mass is 9.68. The highest BCUT2D eigenvalue weighted by Crippen LogP contribution is 2.40. The second-order valence-corrected chi connectivity index (χ2v) is 4.60. The molecule has 1 aromatic rings. The Kier molecular flexibility index (Phi) is 2.81. The van der Waals surface area contributed by atoms with Gasteiger partial charge in [-0.2, -0.15) is 0 Å². The minimum atomic E-state index is 0.167. The van der Waals surface area contributed by atoms with Gasteiger partial charge < -0.3 is 10.5 Å². The van der Waals surface area contributed by atoms with Crippen molar-refractivity contribution in [3.8, 4) is 0 Å². The largest absolute Gasteiger partial charge is 0.379 e. The van der Waals surface area contributed by atoms with E-state index in [1.54, 1.807) is 0 Å². The molecule has 15 heavy (non-hydrogen) atoms. The molecule has 2 rings (SSSR count). The fourth-order valence-electron chi connectivity index (χ4n) is 2.38. The van der Waals surface area contributed by atoms with E-state index < -0.39 is 0 Å². The van der Waals surface area contributed by atoms with Crippen LogP contribution in [0.3, 0.4) is 0 Å². The maximum absolute atomic E-state index is 5.80. The highest BCUT2D eigenvalue weighted by atomic mass is 16.5. The van der Waals surface area contributed by atoms with Crippen LogP contribution in [0.1, 0.15) is 18.1 Å². The van der Waals surface area contributed by atoms with Gasteiger partial charge in [0.05, 0.1) is 13.2 Å². The molecule has 2 N–H and O–H groups in total. The molecule has 0 aromatic heterocycles. The summed E-state index contributed by atoms with van der Waals surface area (Å²) in [6.45, 7) is 6.73. The van der Waals surface area contributed by atoms with Crippen molar-refractivity contribution in [3.05, 3.63) is 35.4 Å². The smallest absolute Gasteiger partial charge is 0.0588 e. The molecule has 1 atom stereocenters. The number of aryl methyl sites for hydroxylation is 1. The molecule has 2 nitrogen and oxygen atoms in total. The fourth-order valence-corrected chi connectivity index (χ4v) is 2.38. The first kappa shape index (κ1) is 10.7. The Morgan fingerprint density at radius 3 is 2.53 bits per heavy atom. The Labute approximate surface area is 91.4 Å². The summed E-state index contributed by atoms with van der Waals surface area (Å²) < 4.78 is 5.42. The Balaban J connectivity index is 2.38. The van der Waals surface area contributed by atoms with Crippen LogP contribution in [0, 0.1) is 12.8 Å². The molecule has 0 saturated carbocycles. The average molecular weight is 205 g/mol. The van der Waals surface area contributed by atoms with Gasteiger partial charge in [0.1, 0.15) is 0 Å². The second kappa shape index (κ2) is 3.95. The molecule has 1 aliphatic heterocycles. The van der Waals surface area contributed by atoms with Crippen LogP contribution in [-0.2, 0) is 10.2 Å². The van der Waals surface area contributed by atoms with Crippen molar-refractivity contribution >= 4 is 0 Å². The summed E-state index contributed by atoms with van der Waals surface area (Å²) in [4.78, 5) is 0. The standard InChI is InChI=1S/C13H19NO/c1-10-5-3-4-6-12(10)13(8-15-9-13)11(2)7-14/h3-6,11H,7-9,14H2,1-2H3. The van der Waals surface area contributed by atoms with Gasteiger partial charge in [0.2, 0.25) is 0 Å². The fraction of sp³-hybridized carbons (Fsp3) is 0.538. The van der Waals surface area contributed by atoms with Crippen molar-refractivity contribution in [2.24, 2.45) is 11.7 Å². The number of hydrogen-bond donors (Lipinski definition) is 1. The first-order valence-electron chi connectivity index (χ1n) is 5.54. The lowest BCUT2D eigenvalue weighted by molar-refractivity contribution is -0.0857. The molecule has 1 fully saturated rings. The van der Waals surface area contributed by atoms with E-state index in [-0.39, 0.29) is 5.41 Å². The van der Waals surface area contributed by atoms with Crippen LogP contribution in [-0.4, -0.2) is 19.8 Å². The number of benzene rings is 1. The van der Waals surface area contributed by atoms with Gasteiger partial charge in [-0.1, -0.05) is 31.2 Å². The van der Waals surface area contributed by atoms with Gasteiger partial charge >= 0.3 is 0 Å². The molecule has 82 valence electrons. The van der Waals surface area contributed by atoms with Gasteiger partial charge in [-0.05, 0) is 30.5 Å². The van der Waals surface area contributed by atoms with Gasteiger partial charge in [0.25, 0.3) is 0 Å². The monoisotopic (exact) mass is 205 g/mol.